The van der Waals surface area contributed by atoms with Crippen LogP contribution in [0.1, 0.15) is 21.5 Å². The standard InChI is InChI=1S/C19H19N3O4.ClH/c1-25-17(23)12-26-16-8-2-13(3-9-16)10-11-22-19(24)15-6-4-14(5-7-15)18(20)21;/h2-11H,12H2,1H3,(H3,20,21)(H,22,24);1H/b11-10+;. The monoisotopic (exact) mass is 389 g/mol. The van der Waals surface area contributed by atoms with Gasteiger partial charge >= 0.3 is 5.97 Å². The van der Waals surface area contributed by atoms with Crippen LogP contribution in [0.4, 0.5) is 0 Å². The van der Waals surface area contributed by atoms with Gasteiger partial charge in [0.05, 0.1) is 7.11 Å². The van der Waals surface area contributed by atoms with Gasteiger partial charge in [-0.2, -0.15) is 0 Å². The largest absolute Gasteiger partial charge is 0.482 e. The summed E-state index contributed by atoms with van der Waals surface area (Å²) in [5, 5.41) is 9.99. The molecule has 0 saturated carbocycles. The fourth-order valence-corrected chi connectivity index (χ4v) is 1.97. The molecule has 0 saturated heterocycles. The molecule has 0 atom stereocenters. The van der Waals surface area contributed by atoms with Crippen molar-refractivity contribution in [2.45, 2.75) is 0 Å². The topological polar surface area (TPSA) is 114 Å². The SMILES string of the molecule is COC(=O)COc1ccc(/C=C/NC(=O)c2ccc(C(=N)N)cc2)cc1.Cl. The van der Waals surface area contributed by atoms with Crippen LogP contribution in [-0.4, -0.2) is 31.4 Å². The third-order valence-corrected chi connectivity index (χ3v) is 3.41. The number of nitrogens with two attached hydrogens (primary N) is 1. The summed E-state index contributed by atoms with van der Waals surface area (Å²) in [5.41, 5.74) is 7.25. The lowest BCUT2D eigenvalue weighted by atomic mass is 10.1. The number of benzene rings is 2. The molecule has 8 heteroatoms. The van der Waals surface area contributed by atoms with Gasteiger partial charge in [-0.1, -0.05) is 24.3 Å². The van der Waals surface area contributed by atoms with E-state index in [4.69, 9.17) is 15.9 Å². The number of nitrogen functional groups attached to an aromatic ring is 1. The summed E-state index contributed by atoms with van der Waals surface area (Å²) < 4.78 is 9.74. The number of nitrogens with one attached hydrogen (secondary N) is 2. The molecule has 0 aliphatic heterocycles. The smallest absolute Gasteiger partial charge is 0.343 e. The van der Waals surface area contributed by atoms with Gasteiger partial charge in [0.2, 0.25) is 0 Å². The Hall–Kier alpha value is -3.32. The van der Waals surface area contributed by atoms with Crippen LogP contribution in [0.15, 0.2) is 54.7 Å². The van der Waals surface area contributed by atoms with E-state index < -0.39 is 5.97 Å². The van der Waals surface area contributed by atoms with Crippen molar-refractivity contribution in [3.8, 4) is 5.75 Å². The van der Waals surface area contributed by atoms with Crippen molar-refractivity contribution in [3.63, 3.8) is 0 Å². The second kappa shape index (κ2) is 10.6. The minimum Gasteiger partial charge on any atom is -0.482 e. The number of esters is 1. The van der Waals surface area contributed by atoms with Crippen molar-refractivity contribution >= 4 is 36.2 Å². The molecule has 142 valence electrons. The molecule has 1 amide bonds. The van der Waals surface area contributed by atoms with Gasteiger partial charge in [0, 0.05) is 17.3 Å². The van der Waals surface area contributed by atoms with Crippen molar-refractivity contribution in [2.24, 2.45) is 5.73 Å². The number of hydrogen-bond donors (Lipinski definition) is 3. The first-order chi connectivity index (χ1) is 12.5. The van der Waals surface area contributed by atoms with Crippen LogP contribution in [0.3, 0.4) is 0 Å². The van der Waals surface area contributed by atoms with Crippen molar-refractivity contribution < 1.29 is 19.1 Å². The summed E-state index contributed by atoms with van der Waals surface area (Å²) in [7, 11) is 1.30. The number of carbonyl (C=O) groups is 2. The van der Waals surface area contributed by atoms with E-state index in [1.807, 2.05) is 0 Å². The second-order valence-electron chi connectivity index (χ2n) is 5.23. The maximum absolute atomic E-state index is 12.0. The summed E-state index contributed by atoms with van der Waals surface area (Å²) in [5.74, 6) is -0.222. The van der Waals surface area contributed by atoms with E-state index in [0.717, 1.165) is 5.56 Å². The molecule has 2 aromatic carbocycles. The van der Waals surface area contributed by atoms with Gasteiger partial charge in [0.1, 0.15) is 11.6 Å². The lowest BCUT2D eigenvalue weighted by Crippen LogP contribution is -2.17. The van der Waals surface area contributed by atoms with E-state index in [9.17, 15) is 9.59 Å². The molecule has 0 aliphatic rings. The molecule has 0 aromatic heterocycles. The maximum Gasteiger partial charge on any atom is 0.343 e. The Labute approximate surface area is 163 Å². The number of amidine groups is 1. The normalized spacial score (nSPS) is 9.96. The number of rotatable bonds is 7. The average molecular weight is 390 g/mol. The van der Waals surface area contributed by atoms with E-state index in [-0.39, 0.29) is 30.8 Å². The zero-order valence-electron chi connectivity index (χ0n) is 14.6. The molecule has 27 heavy (non-hydrogen) atoms. The molecule has 0 radical (unpaired) electrons. The Balaban J connectivity index is 0.00000364. The summed E-state index contributed by atoms with van der Waals surface area (Å²) >= 11 is 0. The van der Waals surface area contributed by atoms with Crippen LogP contribution in [-0.2, 0) is 9.53 Å². The fourth-order valence-electron chi connectivity index (χ4n) is 1.97. The van der Waals surface area contributed by atoms with Crippen LogP contribution in [0.2, 0.25) is 0 Å². The molecule has 4 N–H and O–H groups in total. The average Bonchev–Trinajstić information content (AvgIpc) is 2.67. The van der Waals surface area contributed by atoms with E-state index in [2.05, 4.69) is 10.1 Å². The van der Waals surface area contributed by atoms with Crippen LogP contribution < -0.4 is 15.8 Å². The van der Waals surface area contributed by atoms with Gasteiger partial charge in [0.25, 0.3) is 5.91 Å². The lowest BCUT2D eigenvalue weighted by molar-refractivity contribution is -0.142. The first kappa shape index (κ1) is 21.7. The van der Waals surface area contributed by atoms with Gasteiger partial charge in [0.15, 0.2) is 6.61 Å². The fraction of sp³-hybridized carbons (Fsp3) is 0.105. The number of ether oxygens (including phenoxy) is 2. The minimum atomic E-state index is -0.451. The quantitative estimate of drug-likeness (QED) is 0.382. The van der Waals surface area contributed by atoms with Crippen molar-refractivity contribution in [2.75, 3.05) is 13.7 Å². The van der Waals surface area contributed by atoms with E-state index >= 15 is 0 Å². The number of halogens is 1. The minimum absolute atomic E-state index is 0. The van der Waals surface area contributed by atoms with Gasteiger partial charge in [-0.3, -0.25) is 10.2 Å². The predicted octanol–water partition coefficient (Wildman–Crippen LogP) is 2.34. The highest BCUT2D eigenvalue weighted by Gasteiger charge is 2.04. The third kappa shape index (κ3) is 6.83. The summed E-state index contributed by atoms with van der Waals surface area (Å²) in [6.45, 7) is -0.149. The van der Waals surface area contributed by atoms with Crippen molar-refractivity contribution in [3.05, 3.63) is 71.4 Å². The zero-order valence-corrected chi connectivity index (χ0v) is 15.4. The molecular weight excluding hydrogens is 370 g/mol. The number of methoxy groups -OCH3 is 1. The molecule has 0 heterocycles. The molecule has 0 unspecified atom stereocenters. The van der Waals surface area contributed by atoms with Crippen LogP contribution in [0, 0.1) is 5.41 Å². The van der Waals surface area contributed by atoms with Gasteiger partial charge in [-0.25, -0.2) is 4.79 Å². The molecule has 2 aromatic rings. The summed E-state index contributed by atoms with van der Waals surface area (Å²) in [4.78, 5) is 23.0. The van der Waals surface area contributed by atoms with Crippen LogP contribution >= 0.6 is 12.4 Å². The lowest BCUT2D eigenvalue weighted by Gasteiger charge is -2.05. The molecule has 0 fully saturated rings. The van der Waals surface area contributed by atoms with Gasteiger partial charge in [-0.15, -0.1) is 12.4 Å². The number of amides is 1. The van der Waals surface area contributed by atoms with Gasteiger partial charge < -0.3 is 20.5 Å². The summed E-state index contributed by atoms with van der Waals surface area (Å²) in [6.07, 6.45) is 3.26. The first-order valence-electron chi connectivity index (χ1n) is 7.71. The van der Waals surface area contributed by atoms with Gasteiger partial charge in [-0.05, 0) is 35.9 Å². The van der Waals surface area contributed by atoms with Crippen LogP contribution in [0.25, 0.3) is 6.08 Å². The molecule has 0 aliphatic carbocycles. The Kier molecular flexibility index (Phi) is 8.55. The third-order valence-electron chi connectivity index (χ3n) is 3.41. The Bertz CT molecular complexity index is 818. The van der Waals surface area contributed by atoms with E-state index in [0.29, 0.717) is 16.9 Å². The van der Waals surface area contributed by atoms with E-state index in [1.165, 1.54) is 13.3 Å². The molecule has 2 rings (SSSR count). The van der Waals surface area contributed by atoms with Crippen molar-refractivity contribution in [1.82, 2.24) is 5.32 Å². The van der Waals surface area contributed by atoms with E-state index in [1.54, 1.807) is 54.6 Å². The number of carbonyl (C=O) groups excluding carboxylic acids is 2. The predicted molar refractivity (Wildman–Crippen MR) is 105 cm³/mol. The Morgan fingerprint density at radius 3 is 2.22 bits per heavy atom. The molecule has 0 bridgehead atoms. The molecule has 0 spiro atoms. The molecule has 7 nitrogen and oxygen atoms in total. The Morgan fingerprint density at radius 1 is 1.07 bits per heavy atom. The van der Waals surface area contributed by atoms with Crippen LogP contribution in [0.5, 0.6) is 5.75 Å². The zero-order chi connectivity index (χ0) is 18.9. The maximum atomic E-state index is 12.0. The highest BCUT2D eigenvalue weighted by Crippen LogP contribution is 2.13. The Morgan fingerprint density at radius 2 is 1.67 bits per heavy atom. The second-order valence-corrected chi connectivity index (χ2v) is 5.23. The van der Waals surface area contributed by atoms with Crippen molar-refractivity contribution in [1.29, 1.82) is 5.41 Å². The summed E-state index contributed by atoms with van der Waals surface area (Å²) in [6, 6.07) is 13.5. The highest BCUT2D eigenvalue weighted by atomic mass is 35.5. The highest BCUT2D eigenvalue weighted by molar-refractivity contribution is 5.98. The number of hydrogen-bond acceptors (Lipinski definition) is 5. The first-order valence-corrected chi connectivity index (χ1v) is 7.71. The molecular formula is C19H20ClN3O4.